The van der Waals surface area contributed by atoms with Crippen molar-refractivity contribution >= 4 is 86.3 Å². The van der Waals surface area contributed by atoms with E-state index in [1.54, 1.807) is 21.5 Å². The van der Waals surface area contributed by atoms with Crippen LogP contribution in [0.15, 0.2) is 10.8 Å². The SMILES string of the molecule is C[Si]1(C)c2csc(I)c2-c2c1csc2I. The molecule has 0 saturated heterocycles. The lowest BCUT2D eigenvalue weighted by Gasteiger charge is -2.15. The Hall–Kier alpha value is 1.08. The van der Waals surface area contributed by atoms with Crippen LogP contribution in [0.3, 0.4) is 0 Å². The van der Waals surface area contributed by atoms with E-state index in [1.165, 1.54) is 5.77 Å². The Kier molecular flexibility index (Phi) is 2.63. The molecule has 1 aliphatic heterocycles. The van der Waals surface area contributed by atoms with Crippen molar-refractivity contribution in [2.24, 2.45) is 0 Å². The third-order valence-electron chi connectivity index (χ3n) is 3.09. The Morgan fingerprint density at radius 2 is 1.33 bits per heavy atom. The molecule has 0 fully saturated rings. The van der Waals surface area contributed by atoms with Gasteiger partial charge in [0.25, 0.3) is 0 Å². The molecule has 0 amide bonds. The maximum Gasteiger partial charge on any atom is 0.116 e. The lowest BCUT2D eigenvalue weighted by atomic mass is 10.2. The summed E-state index contributed by atoms with van der Waals surface area (Å²) in [5.41, 5.74) is 3.14. The van der Waals surface area contributed by atoms with Gasteiger partial charge in [0.1, 0.15) is 8.07 Å². The quantitative estimate of drug-likeness (QED) is 0.403. The molecule has 3 rings (SSSR count). The van der Waals surface area contributed by atoms with Crippen molar-refractivity contribution in [2.75, 3.05) is 0 Å². The standard InChI is InChI=1S/C10H8I2S2Si/c1-15(2)5-3-13-9(11)7(5)8-6(15)4-14-10(8)12/h3-4H,1-2H3. The predicted octanol–water partition coefficient (Wildman–Crippen LogP) is 3.82. The van der Waals surface area contributed by atoms with Crippen LogP contribution >= 0.6 is 67.9 Å². The minimum absolute atomic E-state index is 1.33. The first-order valence-electron chi connectivity index (χ1n) is 4.58. The van der Waals surface area contributed by atoms with Gasteiger partial charge in [0, 0.05) is 11.1 Å². The van der Waals surface area contributed by atoms with E-state index in [0.717, 1.165) is 0 Å². The Bertz CT molecular complexity index is 506. The van der Waals surface area contributed by atoms with Crippen LogP contribution in [0.4, 0.5) is 0 Å². The van der Waals surface area contributed by atoms with Crippen LogP contribution in [-0.4, -0.2) is 8.07 Å². The molecular formula is C10H8I2S2Si. The minimum atomic E-state index is -1.33. The molecule has 0 bridgehead atoms. The second kappa shape index (κ2) is 3.53. The zero-order valence-electron chi connectivity index (χ0n) is 8.23. The molecule has 2 aromatic rings. The van der Waals surface area contributed by atoms with E-state index in [1.807, 2.05) is 22.7 Å². The van der Waals surface area contributed by atoms with E-state index in [-0.39, 0.29) is 0 Å². The molecule has 0 aliphatic carbocycles. The maximum atomic E-state index is 2.49. The van der Waals surface area contributed by atoms with Gasteiger partial charge in [-0.1, -0.05) is 13.1 Å². The smallest absolute Gasteiger partial charge is 0.116 e. The molecule has 0 spiro atoms. The second-order valence-corrected chi connectivity index (χ2v) is 13.9. The van der Waals surface area contributed by atoms with E-state index < -0.39 is 8.07 Å². The van der Waals surface area contributed by atoms with Crippen LogP contribution in [0.5, 0.6) is 0 Å². The van der Waals surface area contributed by atoms with Crippen molar-refractivity contribution < 1.29 is 0 Å². The highest BCUT2D eigenvalue weighted by Crippen LogP contribution is 2.39. The first kappa shape index (κ1) is 11.2. The van der Waals surface area contributed by atoms with E-state index >= 15 is 0 Å². The fourth-order valence-corrected chi connectivity index (χ4v) is 10.9. The van der Waals surface area contributed by atoms with Crippen molar-refractivity contribution in [3.63, 3.8) is 0 Å². The van der Waals surface area contributed by atoms with Crippen LogP contribution in [0.2, 0.25) is 13.1 Å². The van der Waals surface area contributed by atoms with Gasteiger partial charge in [0.05, 0.1) is 5.77 Å². The minimum Gasteiger partial charge on any atom is -0.137 e. The number of thiophene rings is 2. The van der Waals surface area contributed by atoms with Gasteiger partial charge in [-0.15, -0.1) is 22.7 Å². The van der Waals surface area contributed by atoms with E-state index in [0.29, 0.717) is 0 Å². The van der Waals surface area contributed by atoms with Crippen LogP contribution in [0.1, 0.15) is 0 Å². The molecule has 2 aromatic heterocycles. The molecule has 0 radical (unpaired) electrons. The highest BCUT2D eigenvalue weighted by atomic mass is 127. The first-order valence-corrected chi connectivity index (χ1v) is 11.5. The van der Waals surface area contributed by atoms with E-state index in [9.17, 15) is 0 Å². The van der Waals surface area contributed by atoms with Crippen LogP contribution in [-0.2, 0) is 0 Å². The summed E-state index contributed by atoms with van der Waals surface area (Å²) >= 11 is 8.80. The molecule has 78 valence electrons. The third-order valence-corrected chi connectivity index (χ3v) is 11.1. The Morgan fingerprint density at radius 1 is 0.933 bits per heavy atom. The fourth-order valence-electron chi connectivity index (χ4n) is 2.20. The molecule has 15 heavy (non-hydrogen) atoms. The largest absolute Gasteiger partial charge is 0.137 e. The van der Waals surface area contributed by atoms with Crippen molar-refractivity contribution in [2.45, 2.75) is 13.1 Å². The molecule has 0 saturated carbocycles. The molecule has 0 aromatic carbocycles. The van der Waals surface area contributed by atoms with Crippen molar-refractivity contribution in [3.05, 3.63) is 16.5 Å². The molecular weight excluding hydrogens is 466 g/mol. The molecule has 0 nitrogen and oxygen atoms in total. The van der Waals surface area contributed by atoms with E-state index in [2.05, 4.69) is 69.0 Å². The van der Waals surface area contributed by atoms with Gasteiger partial charge in [-0.3, -0.25) is 0 Å². The summed E-state index contributed by atoms with van der Waals surface area (Å²) in [7, 11) is -1.33. The number of rotatable bonds is 0. The highest BCUT2D eigenvalue weighted by molar-refractivity contribution is 14.1. The van der Waals surface area contributed by atoms with Crippen LogP contribution in [0.25, 0.3) is 11.1 Å². The molecule has 0 atom stereocenters. The summed E-state index contributed by atoms with van der Waals surface area (Å²) in [6.07, 6.45) is 0. The summed E-state index contributed by atoms with van der Waals surface area (Å²) in [6, 6.07) is 0. The average Bonchev–Trinajstić information content (AvgIpc) is 2.74. The predicted molar refractivity (Wildman–Crippen MR) is 89.8 cm³/mol. The van der Waals surface area contributed by atoms with Crippen molar-refractivity contribution in [3.8, 4) is 11.1 Å². The summed E-state index contributed by atoms with van der Waals surface area (Å²) in [5, 5.41) is 8.11. The number of hydrogen-bond acceptors (Lipinski definition) is 2. The van der Waals surface area contributed by atoms with Gasteiger partial charge in [0.15, 0.2) is 0 Å². The zero-order valence-corrected chi connectivity index (χ0v) is 15.2. The maximum absolute atomic E-state index is 2.49. The Balaban J connectivity index is 2.46. The fraction of sp³-hybridized carbons (Fsp3) is 0.200. The molecule has 0 unspecified atom stereocenters. The average molecular weight is 474 g/mol. The summed E-state index contributed by atoms with van der Waals surface area (Å²) in [5.74, 6) is 0. The summed E-state index contributed by atoms with van der Waals surface area (Å²) in [4.78, 5) is 0. The molecule has 3 heterocycles. The molecule has 1 aliphatic rings. The number of halogens is 2. The second-order valence-electron chi connectivity index (χ2n) is 4.22. The number of hydrogen-bond donors (Lipinski definition) is 0. The summed E-state index contributed by atoms with van der Waals surface area (Å²) in [6.45, 7) is 4.95. The van der Waals surface area contributed by atoms with Gasteiger partial charge in [-0.05, 0) is 66.3 Å². The molecule has 0 N–H and O–H groups in total. The van der Waals surface area contributed by atoms with E-state index in [4.69, 9.17) is 0 Å². The van der Waals surface area contributed by atoms with Gasteiger partial charge in [-0.25, -0.2) is 0 Å². The van der Waals surface area contributed by atoms with Gasteiger partial charge >= 0.3 is 0 Å². The first-order chi connectivity index (χ1) is 7.03. The van der Waals surface area contributed by atoms with Crippen molar-refractivity contribution in [1.29, 1.82) is 0 Å². The van der Waals surface area contributed by atoms with Gasteiger partial charge in [0.2, 0.25) is 0 Å². The normalized spacial score (nSPS) is 16.5. The Labute approximate surface area is 125 Å². The lowest BCUT2D eigenvalue weighted by Crippen LogP contribution is -2.48. The molecule has 5 heteroatoms. The van der Waals surface area contributed by atoms with Crippen LogP contribution in [0, 0.1) is 5.77 Å². The highest BCUT2D eigenvalue weighted by Gasteiger charge is 2.41. The Morgan fingerprint density at radius 3 is 1.73 bits per heavy atom. The van der Waals surface area contributed by atoms with Crippen LogP contribution < -0.4 is 10.4 Å². The third kappa shape index (κ3) is 1.39. The zero-order chi connectivity index (χ0) is 10.8. The summed E-state index contributed by atoms with van der Waals surface area (Å²) < 4.78 is 2.94. The topological polar surface area (TPSA) is 0 Å². The van der Waals surface area contributed by atoms with Crippen molar-refractivity contribution in [1.82, 2.24) is 0 Å². The van der Waals surface area contributed by atoms with Gasteiger partial charge in [-0.2, -0.15) is 0 Å². The number of fused-ring (bicyclic) bond motifs is 3. The lowest BCUT2D eigenvalue weighted by molar-refractivity contribution is 1.88. The monoisotopic (exact) mass is 474 g/mol. The van der Waals surface area contributed by atoms with Gasteiger partial charge < -0.3 is 0 Å².